The van der Waals surface area contributed by atoms with E-state index in [4.69, 9.17) is 10.8 Å². The molecule has 1 rings (SSSR count). The van der Waals surface area contributed by atoms with Crippen LogP contribution in [-0.4, -0.2) is 39.5 Å². The third-order valence-electron chi connectivity index (χ3n) is 2.23. The molecule has 0 aliphatic heterocycles. The first kappa shape index (κ1) is 42.1. The Morgan fingerprint density at radius 3 is 1.93 bits per heavy atom. The zero-order chi connectivity index (χ0) is 22.2. The molecule has 11 heteroatoms. The topological polar surface area (TPSA) is 89.6 Å². The number of thiol groups is 3. The van der Waals surface area contributed by atoms with E-state index >= 15 is 0 Å². The van der Waals surface area contributed by atoms with Crippen LogP contribution < -0.4 is 5.73 Å². The number of carbonyl (C=O) groups excluding carboxylic acids is 2. The zero-order valence-corrected chi connectivity index (χ0v) is 27.0. The number of hydrogen-bond acceptors (Lipinski definition) is 9. The molecular formula is C19H33NO4S4Y2-2. The molecule has 0 aromatic heterocycles. The van der Waals surface area contributed by atoms with Gasteiger partial charge in [0.1, 0.15) is 0 Å². The van der Waals surface area contributed by atoms with E-state index in [0.717, 1.165) is 29.0 Å². The first-order chi connectivity index (χ1) is 13.3. The van der Waals surface area contributed by atoms with Gasteiger partial charge in [0.05, 0.1) is 0 Å². The molecule has 0 saturated heterocycles. The summed E-state index contributed by atoms with van der Waals surface area (Å²) in [6.07, 6.45) is 0.961. The summed E-state index contributed by atoms with van der Waals surface area (Å²) >= 11 is 12.9. The van der Waals surface area contributed by atoms with Gasteiger partial charge < -0.3 is 15.6 Å². The maximum absolute atomic E-state index is 10.4. The van der Waals surface area contributed by atoms with Crippen LogP contribution in [-0.2, 0) is 79.7 Å². The van der Waals surface area contributed by atoms with Crippen molar-refractivity contribution in [3.8, 4) is 0 Å². The molecule has 1 unspecified atom stereocenters. The van der Waals surface area contributed by atoms with Crippen LogP contribution in [0.2, 0.25) is 0 Å². The Kier molecular flexibility index (Phi) is 49.8. The second kappa shape index (κ2) is 35.5. The first-order valence-corrected chi connectivity index (χ1v) is 11.3. The molecule has 0 heterocycles. The fraction of sp³-hybridized carbons (Fsp3) is 0.474. The minimum Gasteiger partial charge on any atom is -0.636 e. The SMILES string of the molecule is CC(N)CS.CCC(=O)O[CH-]CS.CCC(=O)SC[CH-]O.Sc1ccccc1.[Y].[Y]. The van der Waals surface area contributed by atoms with E-state index in [-0.39, 0.29) is 82.5 Å². The zero-order valence-electron chi connectivity index (χ0n) is 17.8. The quantitative estimate of drug-likeness (QED) is 0.171. The van der Waals surface area contributed by atoms with Crippen molar-refractivity contribution in [1.29, 1.82) is 0 Å². The van der Waals surface area contributed by atoms with Gasteiger partial charge in [-0.05, 0) is 19.1 Å². The second-order valence-electron chi connectivity index (χ2n) is 4.91. The summed E-state index contributed by atoms with van der Waals surface area (Å²) in [4.78, 5) is 21.7. The number of hydrogen-bond donors (Lipinski definition) is 5. The second-order valence-corrected chi connectivity index (χ2v) is 7.23. The maximum Gasteiger partial charge on any atom is 0.274 e. The van der Waals surface area contributed by atoms with Crippen molar-refractivity contribution in [2.24, 2.45) is 5.73 Å². The van der Waals surface area contributed by atoms with Crippen molar-refractivity contribution in [3.63, 3.8) is 0 Å². The minimum absolute atomic E-state index is 0. The normalized spacial score (nSPS) is 9.33. The van der Waals surface area contributed by atoms with Crippen molar-refractivity contribution >= 4 is 60.7 Å². The van der Waals surface area contributed by atoms with Gasteiger partial charge in [-0.25, -0.2) is 19.2 Å². The number of aliphatic hydroxyl groups excluding tert-OH is 1. The molecule has 1 atom stereocenters. The Hall–Kier alpha value is 1.89. The van der Waals surface area contributed by atoms with Crippen LogP contribution in [0.25, 0.3) is 0 Å². The summed E-state index contributed by atoms with van der Waals surface area (Å²) in [5.41, 5.74) is 5.22. The van der Waals surface area contributed by atoms with Gasteiger partial charge in [0.15, 0.2) is 5.12 Å². The first-order valence-electron chi connectivity index (χ1n) is 8.62. The Balaban J connectivity index is -0.0000000917. The third kappa shape index (κ3) is 43.7. The van der Waals surface area contributed by atoms with Crippen LogP contribution in [0.1, 0.15) is 33.6 Å². The number of aliphatic hydroxyl groups is 1. The van der Waals surface area contributed by atoms with Crippen LogP contribution in [0.15, 0.2) is 35.2 Å². The molecule has 0 aliphatic carbocycles. The average molecular weight is 646 g/mol. The molecule has 1 aromatic rings. The standard InChI is InChI=1S/C6H6S.2C5H9O2S.C3H9NS.2Y/c7-6-4-2-1-3-5-6;1-2-5(6)7-3-4-8;1-2-5(7)8-4-3-6;1-3(4)2-5;;/h1-5,7H;3,8H,2,4H2,1H3;3,6H,2,4H2,1H3;3,5H,2,4H2,1H3;;/q;2*-1;;;. The Morgan fingerprint density at radius 1 is 1.17 bits per heavy atom. The molecule has 0 saturated carbocycles. The van der Waals surface area contributed by atoms with Gasteiger partial charge in [-0.1, -0.05) is 32.0 Å². The monoisotopic (exact) mass is 645 g/mol. The molecule has 0 fully saturated rings. The predicted molar refractivity (Wildman–Crippen MR) is 130 cm³/mol. The number of carbonyl (C=O) groups is 2. The van der Waals surface area contributed by atoms with Crippen LogP contribution in [0.3, 0.4) is 0 Å². The molecule has 0 aliphatic rings. The van der Waals surface area contributed by atoms with E-state index in [1.807, 2.05) is 37.3 Å². The Morgan fingerprint density at radius 2 is 1.67 bits per heavy atom. The van der Waals surface area contributed by atoms with Gasteiger partial charge in [0.2, 0.25) is 0 Å². The maximum atomic E-state index is 10.4. The van der Waals surface area contributed by atoms with Crippen LogP contribution in [0, 0.1) is 13.2 Å². The van der Waals surface area contributed by atoms with E-state index < -0.39 is 0 Å². The average Bonchev–Trinajstić information content (AvgIpc) is 2.72. The number of rotatable bonds is 7. The van der Waals surface area contributed by atoms with Crippen molar-refractivity contribution in [2.45, 2.75) is 44.6 Å². The molecule has 0 spiro atoms. The van der Waals surface area contributed by atoms with E-state index in [0.29, 0.717) is 24.3 Å². The smallest absolute Gasteiger partial charge is 0.274 e. The summed E-state index contributed by atoms with van der Waals surface area (Å²) in [5.74, 6) is 1.46. The molecule has 170 valence electrons. The molecule has 3 N–H and O–H groups in total. The molecule has 2 radical (unpaired) electrons. The number of ether oxygens (including phenoxy) is 1. The minimum atomic E-state index is -0.209. The number of thioether (sulfide) groups is 1. The van der Waals surface area contributed by atoms with Gasteiger partial charge in [-0.15, -0.1) is 42.5 Å². The van der Waals surface area contributed by atoms with E-state index in [9.17, 15) is 9.59 Å². The Bertz CT molecular complexity index is 453. The van der Waals surface area contributed by atoms with Crippen LogP contribution in [0.5, 0.6) is 0 Å². The summed E-state index contributed by atoms with van der Waals surface area (Å²) in [7, 11) is 0. The largest absolute Gasteiger partial charge is 0.636 e. The van der Waals surface area contributed by atoms with E-state index in [1.165, 1.54) is 6.61 Å². The van der Waals surface area contributed by atoms with E-state index in [1.54, 1.807) is 13.8 Å². The number of benzene rings is 1. The summed E-state index contributed by atoms with van der Waals surface area (Å²) in [6.45, 7) is 7.82. The summed E-state index contributed by atoms with van der Waals surface area (Å²) in [5, 5.41) is 8.23. The van der Waals surface area contributed by atoms with Crippen LogP contribution >= 0.6 is 49.6 Å². The Labute approximate surface area is 253 Å². The van der Waals surface area contributed by atoms with Gasteiger partial charge in [-0.2, -0.15) is 12.6 Å². The number of nitrogens with two attached hydrogens (primary N) is 1. The fourth-order valence-electron chi connectivity index (χ4n) is 0.874. The van der Waals surface area contributed by atoms with Gasteiger partial charge >= 0.3 is 0 Å². The van der Waals surface area contributed by atoms with Crippen molar-refractivity contribution < 1.29 is 84.9 Å². The molecule has 5 nitrogen and oxygen atoms in total. The molecule has 1 aromatic carbocycles. The van der Waals surface area contributed by atoms with Crippen molar-refractivity contribution in [2.75, 3.05) is 17.3 Å². The summed E-state index contributed by atoms with van der Waals surface area (Å²) in [6, 6.07) is 10.0. The molecule has 30 heavy (non-hydrogen) atoms. The third-order valence-corrected chi connectivity index (χ3v) is 4.18. The van der Waals surface area contributed by atoms with Gasteiger partial charge in [-0.3, -0.25) is 9.59 Å². The number of esters is 1. The van der Waals surface area contributed by atoms with Gasteiger partial charge in [0, 0.05) is 95.0 Å². The molecular weight excluding hydrogens is 612 g/mol. The van der Waals surface area contributed by atoms with Crippen molar-refractivity contribution in [3.05, 3.63) is 43.5 Å². The molecule has 0 amide bonds. The van der Waals surface area contributed by atoms with E-state index in [2.05, 4.69) is 42.6 Å². The summed E-state index contributed by atoms with van der Waals surface area (Å²) < 4.78 is 4.50. The van der Waals surface area contributed by atoms with Gasteiger partial charge in [0.25, 0.3) is 5.97 Å². The predicted octanol–water partition coefficient (Wildman–Crippen LogP) is 4.46. The molecule has 0 bridgehead atoms. The fourth-order valence-corrected chi connectivity index (χ4v) is 1.59. The van der Waals surface area contributed by atoms with Crippen LogP contribution in [0.4, 0.5) is 0 Å². The van der Waals surface area contributed by atoms with Crippen molar-refractivity contribution in [1.82, 2.24) is 0 Å².